The molecule has 0 saturated heterocycles. The number of hydrogen-bond acceptors (Lipinski definition) is 7. The van der Waals surface area contributed by atoms with Crippen molar-refractivity contribution in [2.24, 2.45) is 11.1 Å². The molecule has 0 saturated carbocycles. The summed E-state index contributed by atoms with van der Waals surface area (Å²) >= 11 is 1.32. The SMILES string of the molecule is CC(=O)c1c[nH]c2ncc(-c3ccc(C(=O)NCc4ccc(C)o4)s3)nc12.CC(C)(C)CN. The Kier molecular flexibility index (Phi) is 7.45. The summed E-state index contributed by atoms with van der Waals surface area (Å²) in [5.41, 5.74) is 7.85. The average Bonchev–Trinajstić information content (AvgIpc) is 3.50. The van der Waals surface area contributed by atoms with Gasteiger partial charge in [0, 0.05) is 6.20 Å². The van der Waals surface area contributed by atoms with E-state index in [0.717, 1.165) is 17.2 Å². The predicted molar refractivity (Wildman–Crippen MR) is 130 cm³/mol. The number of hydrogen-bond donors (Lipinski definition) is 3. The summed E-state index contributed by atoms with van der Waals surface area (Å²) in [4.78, 5) is 37.2. The van der Waals surface area contributed by atoms with Crippen LogP contribution in [0.4, 0.5) is 0 Å². The van der Waals surface area contributed by atoms with Crippen molar-refractivity contribution in [2.45, 2.75) is 41.2 Å². The van der Waals surface area contributed by atoms with Gasteiger partial charge in [0.05, 0.1) is 33.8 Å². The maximum atomic E-state index is 12.4. The first-order valence-electron chi connectivity index (χ1n) is 10.6. The normalized spacial score (nSPS) is 11.2. The highest BCUT2D eigenvalue weighted by Crippen LogP contribution is 2.28. The summed E-state index contributed by atoms with van der Waals surface area (Å²) in [6.45, 7) is 10.8. The molecular formula is C24H29N5O3S. The Bertz CT molecular complexity index is 1260. The van der Waals surface area contributed by atoms with Crippen molar-refractivity contribution in [1.29, 1.82) is 0 Å². The van der Waals surface area contributed by atoms with Gasteiger partial charge < -0.3 is 20.5 Å². The van der Waals surface area contributed by atoms with Crippen molar-refractivity contribution in [3.63, 3.8) is 0 Å². The van der Waals surface area contributed by atoms with Crippen LogP contribution in [0.2, 0.25) is 0 Å². The van der Waals surface area contributed by atoms with Crippen LogP contribution in [0.25, 0.3) is 21.7 Å². The molecule has 0 aromatic carbocycles. The van der Waals surface area contributed by atoms with E-state index in [1.165, 1.54) is 18.3 Å². The fraction of sp³-hybridized carbons (Fsp3) is 0.333. The van der Waals surface area contributed by atoms with E-state index < -0.39 is 0 Å². The minimum atomic E-state index is -0.180. The number of furan rings is 1. The zero-order valence-corrected chi connectivity index (χ0v) is 20.3. The molecule has 0 fully saturated rings. The third-order valence-corrected chi connectivity index (χ3v) is 5.78. The fourth-order valence-corrected chi connectivity index (χ4v) is 3.59. The van der Waals surface area contributed by atoms with E-state index in [4.69, 9.17) is 10.2 Å². The van der Waals surface area contributed by atoms with E-state index in [1.807, 2.05) is 25.1 Å². The standard InChI is InChI=1S/C19H16N4O3S.C5H13N/c1-10-3-4-12(26-10)7-22-19(25)16-6-5-15(27-16)14-9-21-18-17(23-14)13(8-20-18)11(2)24;1-5(2,3)4-6/h3-6,8-9H,7H2,1-2H3,(H,20,21)(H,22,25);4,6H2,1-3H3. The lowest BCUT2D eigenvalue weighted by atomic mass is 9.98. The number of rotatable bonds is 5. The van der Waals surface area contributed by atoms with Crippen LogP contribution in [0.3, 0.4) is 0 Å². The van der Waals surface area contributed by atoms with Crippen LogP contribution in [0.5, 0.6) is 0 Å². The Labute approximate surface area is 196 Å². The molecule has 0 aliphatic rings. The molecule has 0 spiro atoms. The van der Waals surface area contributed by atoms with Gasteiger partial charge in [-0.3, -0.25) is 9.59 Å². The number of thiophene rings is 1. The Morgan fingerprint density at radius 3 is 2.55 bits per heavy atom. The number of aryl methyl sites for hydroxylation is 1. The number of aromatic amines is 1. The Hall–Kier alpha value is -3.30. The molecule has 0 aliphatic carbocycles. The number of ketones is 1. The van der Waals surface area contributed by atoms with Crippen molar-refractivity contribution >= 4 is 34.2 Å². The number of aromatic nitrogens is 3. The molecule has 0 aliphatic heterocycles. The van der Waals surface area contributed by atoms with Crippen LogP contribution in [0.1, 0.15) is 59.2 Å². The Morgan fingerprint density at radius 2 is 1.94 bits per heavy atom. The molecule has 9 heteroatoms. The molecule has 0 unspecified atom stereocenters. The molecular weight excluding hydrogens is 438 g/mol. The zero-order chi connectivity index (χ0) is 24.2. The average molecular weight is 468 g/mol. The first-order valence-corrected chi connectivity index (χ1v) is 11.4. The quantitative estimate of drug-likeness (QED) is 0.365. The van der Waals surface area contributed by atoms with Gasteiger partial charge in [-0.25, -0.2) is 9.97 Å². The van der Waals surface area contributed by atoms with Crippen LogP contribution in [0.15, 0.2) is 41.1 Å². The van der Waals surface area contributed by atoms with Crippen molar-refractivity contribution in [3.05, 3.63) is 58.6 Å². The van der Waals surface area contributed by atoms with Gasteiger partial charge in [-0.2, -0.15) is 0 Å². The van der Waals surface area contributed by atoms with Gasteiger partial charge >= 0.3 is 0 Å². The van der Waals surface area contributed by atoms with Gasteiger partial charge in [0.1, 0.15) is 17.0 Å². The van der Waals surface area contributed by atoms with Crippen LogP contribution in [-0.4, -0.2) is 33.2 Å². The Morgan fingerprint density at radius 1 is 1.21 bits per heavy atom. The lowest BCUT2D eigenvalue weighted by molar-refractivity contribution is 0.0951. The van der Waals surface area contributed by atoms with E-state index in [-0.39, 0.29) is 11.7 Å². The number of H-pyrrole nitrogens is 1. The number of carbonyl (C=O) groups is 2. The minimum Gasteiger partial charge on any atom is -0.465 e. The zero-order valence-electron chi connectivity index (χ0n) is 19.5. The molecule has 4 aromatic rings. The highest BCUT2D eigenvalue weighted by molar-refractivity contribution is 7.17. The molecule has 0 bridgehead atoms. The van der Waals surface area contributed by atoms with E-state index in [1.54, 1.807) is 18.5 Å². The number of nitrogens with one attached hydrogen (secondary N) is 2. The molecule has 174 valence electrons. The second-order valence-electron chi connectivity index (χ2n) is 8.83. The van der Waals surface area contributed by atoms with Gasteiger partial charge in [-0.1, -0.05) is 20.8 Å². The van der Waals surface area contributed by atoms with E-state index >= 15 is 0 Å². The third-order valence-electron chi connectivity index (χ3n) is 4.67. The van der Waals surface area contributed by atoms with Gasteiger partial charge in [-0.15, -0.1) is 11.3 Å². The van der Waals surface area contributed by atoms with Gasteiger partial charge in [0.25, 0.3) is 5.91 Å². The number of nitrogens with two attached hydrogens (primary N) is 1. The van der Waals surface area contributed by atoms with Gasteiger partial charge in [0.15, 0.2) is 11.4 Å². The van der Waals surface area contributed by atoms with Gasteiger partial charge in [-0.05, 0) is 50.1 Å². The van der Waals surface area contributed by atoms with E-state index in [0.29, 0.717) is 45.0 Å². The van der Waals surface area contributed by atoms with Crippen molar-refractivity contribution in [1.82, 2.24) is 20.3 Å². The molecule has 4 heterocycles. The highest BCUT2D eigenvalue weighted by atomic mass is 32.1. The molecule has 4 aromatic heterocycles. The second kappa shape index (κ2) is 10.1. The molecule has 1 amide bonds. The maximum Gasteiger partial charge on any atom is 0.261 e. The summed E-state index contributed by atoms with van der Waals surface area (Å²) < 4.78 is 5.45. The number of nitrogens with zero attached hydrogens (tertiary/aromatic N) is 2. The summed E-state index contributed by atoms with van der Waals surface area (Å²) in [5, 5.41) is 2.83. The first kappa shape index (κ1) is 24.3. The highest BCUT2D eigenvalue weighted by Gasteiger charge is 2.15. The first-order chi connectivity index (χ1) is 15.6. The molecule has 0 atom stereocenters. The Balaban J connectivity index is 0.000000454. The largest absolute Gasteiger partial charge is 0.465 e. The number of amides is 1. The minimum absolute atomic E-state index is 0.0768. The molecule has 33 heavy (non-hydrogen) atoms. The fourth-order valence-electron chi connectivity index (χ4n) is 2.71. The van der Waals surface area contributed by atoms with Gasteiger partial charge in [0.2, 0.25) is 0 Å². The van der Waals surface area contributed by atoms with Crippen LogP contribution >= 0.6 is 11.3 Å². The van der Waals surface area contributed by atoms with Crippen LogP contribution < -0.4 is 11.1 Å². The molecule has 0 radical (unpaired) electrons. The lowest BCUT2D eigenvalue weighted by Gasteiger charge is -2.12. The van der Waals surface area contributed by atoms with E-state index in [9.17, 15) is 9.59 Å². The van der Waals surface area contributed by atoms with Crippen LogP contribution in [0, 0.1) is 12.3 Å². The second-order valence-corrected chi connectivity index (χ2v) is 9.92. The lowest BCUT2D eigenvalue weighted by Crippen LogP contribution is -2.21. The van der Waals surface area contributed by atoms with Crippen molar-refractivity contribution in [2.75, 3.05) is 6.54 Å². The monoisotopic (exact) mass is 467 g/mol. The summed E-state index contributed by atoms with van der Waals surface area (Å²) in [6, 6.07) is 7.27. The smallest absolute Gasteiger partial charge is 0.261 e. The number of Topliss-reactive ketones (excluding diaryl/α,β-unsaturated/α-hetero) is 1. The molecule has 4 N–H and O–H groups in total. The molecule has 8 nitrogen and oxygen atoms in total. The topological polar surface area (TPSA) is 127 Å². The summed E-state index contributed by atoms with van der Waals surface area (Å²) in [7, 11) is 0. The summed E-state index contributed by atoms with van der Waals surface area (Å²) in [5.74, 6) is 1.26. The van der Waals surface area contributed by atoms with E-state index in [2.05, 4.69) is 41.0 Å². The third kappa shape index (κ3) is 6.36. The molecule has 4 rings (SSSR count). The predicted octanol–water partition coefficient (Wildman–Crippen LogP) is 4.71. The summed E-state index contributed by atoms with van der Waals surface area (Å²) in [6.07, 6.45) is 3.24. The number of fused-ring (bicyclic) bond motifs is 1. The maximum absolute atomic E-state index is 12.4. The number of carbonyl (C=O) groups excluding carboxylic acids is 2. The van der Waals surface area contributed by atoms with Crippen molar-refractivity contribution < 1.29 is 14.0 Å². The van der Waals surface area contributed by atoms with Crippen LogP contribution in [-0.2, 0) is 6.54 Å². The van der Waals surface area contributed by atoms with Crippen molar-refractivity contribution in [3.8, 4) is 10.6 Å².